The lowest BCUT2D eigenvalue weighted by Gasteiger charge is -2.21. The Balaban J connectivity index is 1.67. The van der Waals surface area contributed by atoms with Crippen LogP contribution in [0, 0.1) is 5.92 Å². The maximum atomic E-state index is 12.5. The molecular weight excluding hydrogens is 282 g/mol. The van der Waals surface area contributed by atoms with Gasteiger partial charge in [-0.2, -0.15) is 0 Å². The van der Waals surface area contributed by atoms with E-state index in [4.69, 9.17) is 0 Å². The van der Waals surface area contributed by atoms with Crippen molar-refractivity contribution >= 4 is 5.91 Å². The minimum absolute atomic E-state index is 0.101. The summed E-state index contributed by atoms with van der Waals surface area (Å²) in [5, 5.41) is 3.31. The van der Waals surface area contributed by atoms with Gasteiger partial charge in [0, 0.05) is 5.92 Å². The fourth-order valence-electron chi connectivity index (χ4n) is 3.44. The van der Waals surface area contributed by atoms with Crippen molar-refractivity contribution in [2.75, 3.05) is 0 Å². The van der Waals surface area contributed by atoms with Crippen LogP contribution in [0.1, 0.15) is 49.3 Å². The first-order valence-corrected chi connectivity index (χ1v) is 8.72. The molecule has 1 fully saturated rings. The molecule has 1 amide bonds. The number of hydrogen-bond acceptors (Lipinski definition) is 1. The van der Waals surface area contributed by atoms with Crippen LogP contribution in [0.5, 0.6) is 0 Å². The molecule has 1 atom stereocenters. The Morgan fingerprint density at radius 1 is 0.957 bits per heavy atom. The number of rotatable bonds is 6. The molecule has 0 heterocycles. The number of aryl methyl sites for hydroxylation is 1. The van der Waals surface area contributed by atoms with E-state index >= 15 is 0 Å². The summed E-state index contributed by atoms with van der Waals surface area (Å²) in [6, 6.07) is 20.9. The molecule has 2 heteroatoms. The lowest BCUT2D eigenvalue weighted by Crippen LogP contribution is -2.33. The van der Waals surface area contributed by atoms with E-state index < -0.39 is 0 Å². The molecule has 23 heavy (non-hydrogen) atoms. The number of carbonyl (C=O) groups excluding carboxylic acids is 1. The minimum Gasteiger partial charge on any atom is -0.349 e. The maximum absolute atomic E-state index is 12.5. The smallest absolute Gasteiger partial charge is 0.223 e. The molecule has 1 saturated carbocycles. The Labute approximate surface area is 138 Å². The van der Waals surface area contributed by atoms with Gasteiger partial charge < -0.3 is 5.32 Å². The second-order valence-electron chi connectivity index (χ2n) is 6.48. The summed E-state index contributed by atoms with van der Waals surface area (Å²) < 4.78 is 0. The lowest BCUT2D eigenvalue weighted by atomic mass is 9.97. The zero-order valence-electron chi connectivity index (χ0n) is 13.6. The van der Waals surface area contributed by atoms with Gasteiger partial charge in [0.05, 0.1) is 6.04 Å². The Bertz CT molecular complexity index is 602. The highest BCUT2D eigenvalue weighted by molar-refractivity contribution is 5.79. The van der Waals surface area contributed by atoms with Crippen molar-refractivity contribution in [3.8, 4) is 0 Å². The fraction of sp³-hybridized carbons (Fsp3) is 0.381. The van der Waals surface area contributed by atoms with Gasteiger partial charge in [-0.05, 0) is 36.8 Å². The third-order valence-electron chi connectivity index (χ3n) is 4.81. The third-order valence-corrected chi connectivity index (χ3v) is 4.81. The van der Waals surface area contributed by atoms with Gasteiger partial charge in [0.1, 0.15) is 0 Å². The zero-order chi connectivity index (χ0) is 15.9. The van der Waals surface area contributed by atoms with E-state index in [0.29, 0.717) is 0 Å². The standard InChI is InChI=1S/C21H25NO/c23-21(19-13-7-8-14-19)22-20(18-11-5-2-6-12-18)16-15-17-9-3-1-4-10-17/h1-6,9-12,19-20H,7-8,13-16H2,(H,22,23)/t20-/m1/s1. The summed E-state index contributed by atoms with van der Waals surface area (Å²) in [6.45, 7) is 0. The van der Waals surface area contributed by atoms with Crippen LogP contribution in [-0.2, 0) is 11.2 Å². The molecule has 0 spiro atoms. The second-order valence-corrected chi connectivity index (χ2v) is 6.48. The van der Waals surface area contributed by atoms with Gasteiger partial charge in [-0.25, -0.2) is 0 Å². The van der Waals surface area contributed by atoms with Gasteiger partial charge in [0.2, 0.25) is 5.91 Å². The average molecular weight is 307 g/mol. The van der Waals surface area contributed by atoms with E-state index in [1.807, 2.05) is 24.3 Å². The van der Waals surface area contributed by atoms with Crippen molar-refractivity contribution in [1.82, 2.24) is 5.32 Å². The van der Waals surface area contributed by atoms with Crippen LogP contribution in [-0.4, -0.2) is 5.91 Å². The predicted molar refractivity (Wildman–Crippen MR) is 94.0 cm³/mol. The molecule has 0 radical (unpaired) electrons. The SMILES string of the molecule is O=C(N[C@H](CCc1ccccc1)c1ccccc1)C1CCCC1. The molecule has 120 valence electrons. The van der Waals surface area contributed by atoms with Crippen LogP contribution in [0.25, 0.3) is 0 Å². The average Bonchev–Trinajstić information content (AvgIpc) is 3.15. The van der Waals surface area contributed by atoms with Gasteiger partial charge in [0.25, 0.3) is 0 Å². The zero-order valence-corrected chi connectivity index (χ0v) is 13.6. The molecule has 1 N–H and O–H groups in total. The summed E-state index contributed by atoms with van der Waals surface area (Å²) in [5.74, 6) is 0.461. The molecule has 0 bridgehead atoms. The second kappa shape index (κ2) is 7.96. The highest BCUT2D eigenvalue weighted by atomic mass is 16.1. The van der Waals surface area contributed by atoms with E-state index in [0.717, 1.165) is 25.7 Å². The number of hydrogen-bond donors (Lipinski definition) is 1. The fourth-order valence-corrected chi connectivity index (χ4v) is 3.44. The lowest BCUT2D eigenvalue weighted by molar-refractivity contribution is -0.125. The summed E-state index contributed by atoms with van der Waals surface area (Å²) in [5.41, 5.74) is 2.53. The predicted octanol–water partition coefficient (Wildman–Crippen LogP) is 4.67. The Kier molecular flexibility index (Phi) is 5.46. The van der Waals surface area contributed by atoms with Crippen molar-refractivity contribution in [3.05, 3.63) is 71.8 Å². The van der Waals surface area contributed by atoms with Gasteiger partial charge in [0.15, 0.2) is 0 Å². The first-order chi connectivity index (χ1) is 11.3. The van der Waals surface area contributed by atoms with E-state index in [-0.39, 0.29) is 17.9 Å². The molecule has 2 aromatic rings. The van der Waals surface area contributed by atoms with Crippen LogP contribution < -0.4 is 5.32 Å². The normalized spacial score (nSPS) is 16.2. The molecule has 0 saturated heterocycles. The van der Waals surface area contributed by atoms with Gasteiger partial charge in [-0.3, -0.25) is 4.79 Å². The highest BCUT2D eigenvalue weighted by Crippen LogP contribution is 2.27. The quantitative estimate of drug-likeness (QED) is 0.825. The van der Waals surface area contributed by atoms with Crippen molar-refractivity contribution in [2.45, 2.75) is 44.6 Å². The molecule has 1 aliphatic rings. The molecule has 2 aromatic carbocycles. The van der Waals surface area contributed by atoms with E-state index in [2.05, 4.69) is 41.7 Å². The Hall–Kier alpha value is -2.09. The van der Waals surface area contributed by atoms with Gasteiger partial charge in [-0.1, -0.05) is 73.5 Å². The number of amides is 1. The maximum Gasteiger partial charge on any atom is 0.223 e. The third kappa shape index (κ3) is 4.44. The number of carbonyl (C=O) groups is 1. The van der Waals surface area contributed by atoms with Crippen molar-refractivity contribution in [1.29, 1.82) is 0 Å². The monoisotopic (exact) mass is 307 g/mol. The molecule has 2 nitrogen and oxygen atoms in total. The Morgan fingerprint density at radius 3 is 2.22 bits per heavy atom. The van der Waals surface area contributed by atoms with Crippen LogP contribution in [0.2, 0.25) is 0 Å². The van der Waals surface area contributed by atoms with Crippen molar-refractivity contribution in [3.63, 3.8) is 0 Å². The topological polar surface area (TPSA) is 29.1 Å². The van der Waals surface area contributed by atoms with Gasteiger partial charge >= 0.3 is 0 Å². The number of benzene rings is 2. The molecule has 3 rings (SSSR count). The van der Waals surface area contributed by atoms with Crippen LogP contribution in [0.4, 0.5) is 0 Å². The summed E-state index contributed by atoms with van der Waals surface area (Å²) in [6.07, 6.45) is 6.39. The highest BCUT2D eigenvalue weighted by Gasteiger charge is 2.25. The van der Waals surface area contributed by atoms with E-state index in [1.165, 1.54) is 24.0 Å². The summed E-state index contributed by atoms with van der Waals surface area (Å²) >= 11 is 0. The Morgan fingerprint density at radius 2 is 1.57 bits per heavy atom. The van der Waals surface area contributed by atoms with E-state index in [9.17, 15) is 4.79 Å². The van der Waals surface area contributed by atoms with Crippen LogP contribution >= 0.6 is 0 Å². The molecule has 0 unspecified atom stereocenters. The summed E-state index contributed by atoms with van der Waals surface area (Å²) in [7, 11) is 0. The molecule has 0 aliphatic heterocycles. The largest absolute Gasteiger partial charge is 0.349 e. The van der Waals surface area contributed by atoms with Gasteiger partial charge in [-0.15, -0.1) is 0 Å². The van der Waals surface area contributed by atoms with Crippen LogP contribution in [0.3, 0.4) is 0 Å². The van der Waals surface area contributed by atoms with Crippen molar-refractivity contribution in [2.24, 2.45) is 5.92 Å². The molecule has 0 aromatic heterocycles. The molecule has 1 aliphatic carbocycles. The number of nitrogens with one attached hydrogen (secondary N) is 1. The first kappa shape index (κ1) is 15.8. The minimum atomic E-state index is 0.101. The molecular formula is C21H25NO. The van der Waals surface area contributed by atoms with Crippen molar-refractivity contribution < 1.29 is 4.79 Å². The summed E-state index contributed by atoms with van der Waals surface area (Å²) in [4.78, 5) is 12.5. The first-order valence-electron chi connectivity index (χ1n) is 8.72. The van der Waals surface area contributed by atoms with Crippen LogP contribution in [0.15, 0.2) is 60.7 Å². The van der Waals surface area contributed by atoms with E-state index in [1.54, 1.807) is 0 Å².